The lowest BCUT2D eigenvalue weighted by atomic mass is 10.1. The number of aromatic nitrogens is 7. The Morgan fingerprint density at radius 1 is 0.968 bits per heavy atom. The summed E-state index contributed by atoms with van der Waals surface area (Å²) < 4.78 is 18.5. The fourth-order valence-electron chi connectivity index (χ4n) is 6.67. The number of aliphatic carboxylic acids is 1. The molecule has 0 fully saturated rings. The number of aryl methyl sites for hydroxylation is 1. The number of carbonyl (C=O) groups excluding carboxylic acids is 3. The summed E-state index contributed by atoms with van der Waals surface area (Å²) in [5.41, 5.74) is 14.0. The molecule has 332 valence electrons. The number of unbranched alkanes of at least 4 members (excludes halogenated alkanes) is 1. The van der Waals surface area contributed by atoms with Gasteiger partial charge < -0.3 is 51.3 Å². The summed E-state index contributed by atoms with van der Waals surface area (Å²) in [7, 11) is 0. The normalized spacial score (nSPS) is 12.0. The van der Waals surface area contributed by atoms with Crippen molar-refractivity contribution in [3.63, 3.8) is 0 Å². The largest absolute Gasteiger partial charge is 0.508 e. The predicted octanol–water partition coefficient (Wildman–Crippen LogP) is 3.46. The number of fused-ring (bicyclic) bond motifs is 4. The minimum atomic E-state index is -1.32. The fraction of sp³-hybridized carbons (Fsp3) is 0.381. The van der Waals surface area contributed by atoms with E-state index in [1.807, 2.05) is 28.8 Å². The third-order valence-electron chi connectivity index (χ3n) is 9.73. The van der Waals surface area contributed by atoms with Crippen LogP contribution < -0.4 is 33.0 Å². The van der Waals surface area contributed by atoms with E-state index >= 15 is 0 Å². The van der Waals surface area contributed by atoms with Gasteiger partial charge in [-0.1, -0.05) is 31.5 Å². The molecule has 4 aromatic heterocycles. The number of anilines is 3. The van der Waals surface area contributed by atoms with Gasteiger partial charge in [-0.3, -0.25) is 19.4 Å². The maximum absolute atomic E-state index is 12.9. The van der Waals surface area contributed by atoms with E-state index in [-0.39, 0.29) is 68.4 Å². The zero-order valence-electron chi connectivity index (χ0n) is 35.1. The molecule has 0 radical (unpaired) electrons. The molecule has 1 atom stereocenters. The first-order chi connectivity index (χ1) is 30.2. The molecule has 2 amide bonds. The maximum Gasteiger partial charge on any atom is 0.508 e. The summed E-state index contributed by atoms with van der Waals surface area (Å²) in [4.78, 5) is 86.1. The highest BCUT2D eigenvalue weighted by Crippen LogP contribution is 2.31. The van der Waals surface area contributed by atoms with Gasteiger partial charge in [-0.25, -0.2) is 29.5 Å². The quantitative estimate of drug-likeness (QED) is 0.0402. The van der Waals surface area contributed by atoms with Crippen LogP contribution in [0, 0.1) is 0 Å². The van der Waals surface area contributed by atoms with Crippen molar-refractivity contribution in [2.24, 2.45) is 0 Å². The van der Waals surface area contributed by atoms with E-state index in [4.69, 9.17) is 30.7 Å². The highest BCUT2D eigenvalue weighted by atomic mass is 16.7. The first kappa shape index (κ1) is 45.1. The van der Waals surface area contributed by atoms with Gasteiger partial charge in [0.15, 0.2) is 17.0 Å². The molecular weight excluding hydrogens is 817 g/mol. The molecule has 0 saturated carbocycles. The summed E-state index contributed by atoms with van der Waals surface area (Å²) in [6.07, 6.45) is 2.86. The van der Waals surface area contributed by atoms with Gasteiger partial charge in [0.1, 0.15) is 29.6 Å². The monoisotopic (exact) mass is 866 g/mol. The smallest absolute Gasteiger partial charge is 0.480 e. The Balaban J connectivity index is 0.877. The number of imidazole rings is 1. The predicted molar refractivity (Wildman–Crippen MR) is 233 cm³/mol. The van der Waals surface area contributed by atoms with E-state index in [0.717, 1.165) is 35.1 Å². The molecule has 1 unspecified atom stereocenters. The standard InChI is InChI=1S/C42H50N12O9/c1-4-5-10-30-51-32-34(27-8-6-7-9-28(27)49-35(32)43)54(30)23-42(2,3)63-41(60)62-20-19-61-18-17-45-31(55)16-15-29(39(58)59)50-37(56)24-11-13-25(14-12-24)46-21-26-22-47-36-33(48-26)38(57)53-40(44)52-36/h6-9,11-14,22,29,46H,4-5,10,15-21,23H2,1-3H3,(H2,43,49)(H,45,55)(H,50,56)(H,58,59)(H3,44,47,52,53,57). The lowest BCUT2D eigenvalue weighted by Gasteiger charge is -2.26. The molecule has 0 aliphatic heterocycles. The number of hydrogen-bond acceptors (Lipinski definition) is 16. The van der Waals surface area contributed by atoms with Crippen LogP contribution in [0.15, 0.2) is 59.5 Å². The number of aromatic amines is 1. The molecule has 21 heteroatoms. The number of benzene rings is 2. The molecule has 0 aliphatic carbocycles. The van der Waals surface area contributed by atoms with Gasteiger partial charge in [0.05, 0.1) is 49.2 Å². The van der Waals surface area contributed by atoms with Crippen molar-refractivity contribution in [2.45, 2.75) is 77.6 Å². The van der Waals surface area contributed by atoms with Crippen LogP contribution in [0.5, 0.6) is 0 Å². The second kappa shape index (κ2) is 20.4. The van der Waals surface area contributed by atoms with Crippen molar-refractivity contribution in [1.82, 2.24) is 45.1 Å². The Morgan fingerprint density at radius 2 is 1.75 bits per heavy atom. The van der Waals surface area contributed by atoms with E-state index in [1.54, 1.807) is 26.0 Å². The number of carboxylic acids is 1. The van der Waals surface area contributed by atoms with Crippen molar-refractivity contribution in [3.05, 3.63) is 82.2 Å². The molecule has 4 heterocycles. The number of rotatable bonds is 21. The van der Waals surface area contributed by atoms with E-state index in [2.05, 4.69) is 47.8 Å². The maximum atomic E-state index is 12.9. The zero-order chi connectivity index (χ0) is 45.1. The summed E-state index contributed by atoms with van der Waals surface area (Å²) in [5.74, 6) is -1.28. The van der Waals surface area contributed by atoms with Crippen LogP contribution in [0.25, 0.3) is 33.1 Å². The fourth-order valence-corrected chi connectivity index (χ4v) is 6.67. The van der Waals surface area contributed by atoms with Gasteiger partial charge in [-0.15, -0.1) is 0 Å². The molecule has 2 aromatic carbocycles. The van der Waals surface area contributed by atoms with E-state index in [1.165, 1.54) is 18.3 Å². The number of H-pyrrole nitrogens is 1. The lowest BCUT2D eigenvalue weighted by Crippen LogP contribution is -2.41. The number of carbonyl (C=O) groups is 4. The minimum Gasteiger partial charge on any atom is -0.480 e. The first-order valence-corrected chi connectivity index (χ1v) is 20.3. The van der Waals surface area contributed by atoms with Crippen LogP contribution in [0.3, 0.4) is 0 Å². The van der Waals surface area contributed by atoms with Gasteiger partial charge in [-0.2, -0.15) is 4.98 Å². The van der Waals surface area contributed by atoms with Crippen molar-refractivity contribution in [1.29, 1.82) is 0 Å². The number of nitrogens with zero attached hydrogens (tertiary/aromatic N) is 6. The first-order valence-electron chi connectivity index (χ1n) is 20.3. The second-order valence-corrected chi connectivity index (χ2v) is 15.2. The number of hydrogen-bond donors (Lipinski definition) is 7. The van der Waals surface area contributed by atoms with Crippen LogP contribution in [-0.2, 0) is 43.3 Å². The molecule has 0 saturated heterocycles. The Hall–Kier alpha value is -7.42. The molecule has 9 N–H and O–H groups in total. The number of ether oxygens (including phenoxy) is 3. The number of para-hydroxylation sites is 1. The van der Waals surface area contributed by atoms with Crippen LogP contribution in [0.2, 0.25) is 0 Å². The number of pyridine rings is 1. The van der Waals surface area contributed by atoms with Gasteiger partial charge in [0, 0.05) is 36.0 Å². The van der Waals surface area contributed by atoms with Gasteiger partial charge >= 0.3 is 12.1 Å². The Bertz CT molecular complexity index is 2670. The summed E-state index contributed by atoms with van der Waals surface area (Å²) in [6.45, 7) is 6.34. The third kappa shape index (κ3) is 11.9. The average Bonchev–Trinajstić information content (AvgIpc) is 3.60. The Kier molecular flexibility index (Phi) is 14.6. The number of amides is 2. The van der Waals surface area contributed by atoms with Crippen molar-refractivity contribution in [3.8, 4) is 0 Å². The molecular formula is C42H50N12O9. The highest BCUT2D eigenvalue weighted by Gasteiger charge is 2.29. The SMILES string of the molecule is CCCCc1nc2c(N)nc3ccccc3c2n1CC(C)(C)OC(=O)OCCOCCNC(=O)CCC(NC(=O)c1ccc(NCc2cnc3nc(N)[nH]c(=O)c3n2)cc1)C(=O)O. The third-order valence-corrected chi connectivity index (χ3v) is 9.73. The lowest BCUT2D eigenvalue weighted by molar-refractivity contribution is -0.139. The number of carboxylic acid groups (broad SMARTS) is 1. The van der Waals surface area contributed by atoms with Crippen molar-refractivity contribution in [2.75, 3.05) is 43.1 Å². The zero-order valence-corrected chi connectivity index (χ0v) is 35.1. The second-order valence-electron chi connectivity index (χ2n) is 15.2. The molecule has 63 heavy (non-hydrogen) atoms. The summed E-state index contributed by atoms with van der Waals surface area (Å²) in [5, 5.41) is 18.8. The van der Waals surface area contributed by atoms with Crippen LogP contribution in [0.1, 0.15) is 68.3 Å². The minimum absolute atomic E-state index is 0.0384. The Labute approximate surface area is 360 Å². The van der Waals surface area contributed by atoms with Crippen LogP contribution in [0.4, 0.5) is 22.2 Å². The molecule has 21 nitrogen and oxygen atoms in total. The summed E-state index contributed by atoms with van der Waals surface area (Å²) >= 11 is 0. The molecule has 6 aromatic rings. The molecule has 0 spiro atoms. The van der Waals surface area contributed by atoms with Crippen molar-refractivity contribution >= 4 is 74.5 Å². The Morgan fingerprint density at radius 3 is 2.51 bits per heavy atom. The van der Waals surface area contributed by atoms with Crippen LogP contribution >= 0.6 is 0 Å². The van der Waals surface area contributed by atoms with Gasteiger partial charge in [0.2, 0.25) is 11.9 Å². The van der Waals surface area contributed by atoms with Gasteiger partial charge in [-0.05, 0) is 57.0 Å². The number of nitrogen functional groups attached to an aromatic ring is 2. The topological polar surface area (TPSA) is 307 Å². The highest BCUT2D eigenvalue weighted by molar-refractivity contribution is 6.06. The summed E-state index contributed by atoms with van der Waals surface area (Å²) in [6, 6.07) is 12.6. The van der Waals surface area contributed by atoms with E-state index < -0.39 is 41.1 Å². The number of nitrogens with one attached hydrogen (secondary N) is 4. The van der Waals surface area contributed by atoms with E-state index in [0.29, 0.717) is 35.7 Å². The number of nitrogens with two attached hydrogens (primary N) is 2. The van der Waals surface area contributed by atoms with E-state index in [9.17, 15) is 29.1 Å². The molecule has 0 aliphatic rings. The molecule has 0 bridgehead atoms. The van der Waals surface area contributed by atoms with Crippen molar-refractivity contribution < 1.29 is 38.5 Å². The van der Waals surface area contributed by atoms with Crippen LogP contribution in [-0.4, -0.2) is 102 Å². The molecule has 6 rings (SSSR count). The average molecular weight is 867 g/mol. The van der Waals surface area contributed by atoms with Gasteiger partial charge in [0.25, 0.3) is 11.5 Å².